The quantitative estimate of drug-likeness (QED) is 0.679. The maximum atomic E-state index is 13.2. The van der Waals surface area contributed by atoms with Crippen LogP contribution in [0, 0.1) is 16.2 Å². The third-order valence-electron chi connectivity index (χ3n) is 6.31. The van der Waals surface area contributed by atoms with E-state index in [1.54, 1.807) is 18.2 Å². The number of alkyl halides is 1. The van der Waals surface area contributed by atoms with Gasteiger partial charge in [0.05, 0.1) is 21.0 Å². The summed E-state index contributed by atoms with van der Waals surface area (Å²) in [7, 11) is 0. The zero-order valence-corrected chi connectivity index (χ0v) is 16.3. The summed E-state index contributed by atoms with van der Waals surface area (Å²) in [4.78, 5) is 25.4. The first-order valence-electron chi connectivity index (χ1n) is 7.53. The van der Waals surface area contributed by atoms with E-state index in [1.807, 2.05) is 20.8 Å². The van der Waals surface area contributed by atoms with Gasteiger partial charge in [0.15, 0.2) is 5.78 Å². The summed E-state index contributed by atoms with van der Waals surface area (Å²) in [6.07, 6.45) is 1.40. The first kappa shape index (κ1) is 17.2. The van der Waals surface area contributed by atoms with Crippen LogP contribution in [0.4, 0.5) is 5.69 Å². The van der Waals surface area contributed by atoms with Gasteiger partial charge < -0.3 is 5.32 Å². The van der Waals surface area contributed by atoms with Gasteiger partial charge in [0.1, 0.15) is 0 Å². The Morgan fingerprint density at radius 1 is 1.26 bits per heavy atom. The second-order valence-corrected chi connectivity index (χ2v) is 8.99. The van der Waals surface area contributed by atoms with Gasteiger partial charge in [-0.25, -0.2) is 0 Å². The van der Waals surface area contributed by atoms with Gasteiger partial charge in [0, 0.05) is 10.4 Å². The van der Waals surface area contributed by atoms with E-state index in [9.17, 15) is 9.59 Å². The third-order valence-corrected chi connectivity index (χ3v) is 8.05. The molecule has 2 fully saturated rings. The van der Waals surface area contributed by atoms with E-state index < -0.39 is 21.1 Å². The van der Waals surface area contributed by atoms with Gasteiger partial charge in [-0.15, -0.1) is 0 Å². The van der Waals surface area contributed by atoms with Crippen LogP contribution >= 0.6 is 39.1 Å². The molecule has 6 heteroatoms. The molecule has 1 amide bonds. The van der Waals surface area contributed by atoms with Crippen molar-refractivity contribution >= 4 is 56.5 Å². The highest BCUT2D eigenvalue weighted by molar-refractivity contribution is 9.10. The lowest BCUT2D eigenvalue weighted by Gasteiger charge is -2.39. The predicted octanol–water partition coefficient (Wildman–Crippen LogP) is 5.09. The lowest BCUT2D eigenvalue weighted by atomic mass is 9.64. The van der Waals surface area contributed by atoms with Gasteiger partial charge in [-0.3, -0.25) is 9.59 Å². The molecular formula is C17H18BrCl2NO2. The topological polar surface area (TPSA) is 46.2 Å². The van der Waals surface area contributed by atoms with Crippen molar-refractivity contribution in [3.8, 4) is 0 Å². The molecule has 3 nitrogen and oxygen atoms in total. The molecule has 3 atom stereocenters. The molecule has 2 aliphatic rings. The fraction of sp³-hybridized carbons (Fsp3) is 0.529. The average Bonchev–Trinajstić information content (AvgIpc) is 2.74. The number of Topliss-reactive ketones (excluding diaryl/α,β-unsaturated/α-hetero) is 1. The average molecular weight is 419 g/mol. The van der Waals surface area contributed by atoms with E-state index >= 15 is 0 Å². The van der Waals surface area contributed by atoms with Crippen molar-refractivity contribution in [2.75, 3.05) is 5.32 Å². The predicted molar refractivity (Wildman–Crippen MR) is 96.4 cm³/mol. The SMILES string of the molecule is CC1(C)[C@@]2(C)CC[C@@]1(C(=O)Nc1ccc(Cl)cc1Cl)[C@H](Br)C2=O. The molecule has 0 saturated heterocycles. The molecule has 1 aromatic carbocycles. The number of amides is 1. The number of carbonyl (C=O) groups excluding carboxylic acids is 2. The number of nitrogens with one attached hydrogen (secondary N) is 1. The second kappa shape index (κ2) is 5.21. The van der Waals surface area contributed by atoms with Crippen molar-refractivity contribution in [2.24, 2.45) is 16.2 Å². The molecule has 124 valence electrons. The van der Waals surface area contributed by atoms with Crippen LogP contribution in [0.25, 0.3) is 0 Å². The molecule has 0 aromatic heterocycles. The summed E-state index contributed by atoms with van der Waals surface area (Å²) in [5.74, 6) is -0.0470. The van der Waals surface area contributed by atoms with Crippen LogP contribution in [-0.4, -0.2) is 16.5 Å². The van der Waals surface area contributed by atoms with E-state index in [1.165, 1.54) is 0 Å². The second-order valence-electron chi connectivity index (χ2n) is 7.23. The standard InChI is InChI=1S/C17H18BrCl2NO2/c1-15(2)16(3)6-7-17(15,12(18)13(16)22)14(23)21-11-5-4-9(19)8-10(11)20/h4-5,8,12H,6-7H2,1-3H3,(H,21,23)/t12-,16+,17+/m1/s1. The van der Waals surface area contributed by atoms with Gasteiger partial charge in [-0.2, -0.15) is 0 Å². The number of hydrogen-bond donors (Lipinski definition) is 1. The first-order valence-corrected chi connectivity index (χ1v) is 9.20. The summed E-state index contributed by atoms with van der Waals surface area (Å²) in [5, 5.41) is 3.80. The van der Waals surface area contributed by atoms with Crippen LogP contribution < -0.4 is 5.32 Å². The fourth-order valence-electron chi connectivity index (χ4n) is 4.28. The summed E-state index contributed by atoms with van der Waals surface area (Å²) >= 11 is 15.6. The van der Waals surface area contributed by atoms with Crippen LogP contribution in [0.1, 0.15) is 33.6 Å². The van der Waals surface area contributed by atoms with Gasteiger partial charge >= 0.3 is 0 Å². The molecule has 0 spiro atoms. The molecule has 2 aliphatic carbocycles. The van der Waals surface area contributed by atoms with E-state index in [2.05, 4.69) is 21.2 Å². The van der Waals surface area contributed by atoms with E-state index in [-0.39, 0.29) is 11.7 Å². The molecular weight excluding hydrogens is 401 g/mol. The van der Waals surface area contributed by atoms with Crippen molar-refractivity contribution in [1.29, 1.82) is 0 Å². The van der Waals surface area contributed by atoms with Crippen molar-refractivity contribution in [2.45, 2.75) is 38.4 Å². The van der Waals surface area contributed by atoms with Crippen molar-refractivity contribution in [1.82, 2.24) is 0 Å². The van der Waals surface area contributed by atoms with Crippen LogP contribution in [0.3, 0.4) is 0 Å². The number of rotatable bonds is 2. The highest BCUT2D eigenvalue weighted by Gasteiger charge is 2.76. The maximum absolute atomic E-state index is 13.2. The zero-order chi connectivity index (χ0) is 17.2. The number of ketones is 1. The maximum Gasteiger partial charge on any atom is 0.232 e. The van der Waals surface area contributed by atoms with Crippen molar-refractivity contribution in [3.05, 3.63) is 28.2 Å². The molecule has 0 heterocycles. The minimum Gasteiger partial charge on any atom is -0.324 e. The van der Waals surface area contributed by atoms with Crippen LogP contribution in [0.2, 0.25) is 10.0 Å². The van der Waals surface area contributed by atoms with E-state index in [0.717, 1.165) is 6.42 Å². The Bertz CT molecular complexity index is 721. The number of fused-ring (bicyclic) bond motifs is 2. The lowest BCUT2D eigenvalue weighted by molar-refractivity contribution is -0.130. The van der Waals surface area contributed by atoms with Crippen LogP contribution in [0.5, 0.6) is 0 Å². The summed E-state index contributed by atoms with van der Waals surface area (Å²) in [6, 6.07) is 4.95. The number of hydrogen-bond acceptors (Lipinski definition) is 2. The highest BCUT2D eigenvalue weighted by Crippen LogP contribution is 2.72. The summed E-state index contributed by atoms with van der Waals surface area (Å²) in [6.45, 7) is 6.01. The molecule has 1 aromatic rings. The van der Waals surface area contributed by atoms with Gasteiger partial charge in [-0.05, 0) is 36.5 Å². The summed E-state index contributed by atoms with van der Waals surface area (Å²) < 4.78 is 0. The number of carbonyl (C=O) groups is 2. The zero-order valence-electron chi connectivity index (χ0n) is 13.2. The van der Waals surface area contributed by atoms with Gasteiger partial charge in [0.2, 0.25) is 5.91 Å². The molecule has 1 N–H and O–H groups in total. The molecule has 0 aliphatic heterocycles. The number of halogens is 3. The molecule has 2 bridgehead atoms. The molecule has 0 radical (unpaired) electrons. The Labute approximate surface area is 154 Å². The molecule has 0 unspecified atom stereocenters. The smallest absolute Gasteiger partial charge is 0.232 e. The first-order chi connectivity index (χ1) is 10.6. The molecule has 23 heavy (non-hydrogen) atoms. The number of anilines is 1. The van der Waals surface area contributed by atoms with Gasteiger partial charge in [-0.1, -0.05) is 59.9 Å². The number of benzene rings is 1. The normalized spacial score (nSPS) is 34.7. The third kappa shape index (κ3) is 2.01. The molecule has 3 rings (SSSR count). The minimum absolute atomic E-state index is 0.117. The monoisotopic (exact) mass is 417 g/mol. The van der Waals surface area contributed by atoms with Crippen molar-refractivity contribution < 1.29 is 9.59 Å². The van der Waals surface area contributed by atoms with Gasteiger partial charge in [0.25, 0.3) is 0 Å². The van der Waals surface area contributed by atoms with Crippen LogP contribution in [0.15, 0.2) is 18.2 Å². The fourth-order valence-corrected chi connectivity index (χ4v) is 6.25. The Morgan fingerprint density at radius 2 is 1.91 bits per heavy atom. The largest absolute Gasteiger partial charge is 0.324 e. The van der Waals surface area contributed by atoms with E-state index in [4.69, 9.17) is 23.2 Å². The Hall–Kier alpha value is -0.580. The Morgan fingerprint density at radius 3 is 2.43 bits per heavy atom. The minimum atomic E-state index is -0.776. The van der Waals surface area contributed by atoms with Crippen LogP contribution in [-0.2, 0) is 9.59 Å². The lowest BCUT2D eigenvalue weighted by Crippen LogP contribution is -2.48. The van der Waals surface area contributed by atoms with Crippen molar-refractivity contribution in [3.63, 3.8) is 0 Å². The summed E-state index contributed by atoms with van der Waals surface area (Å²) in [5.41, 5.74) is -1.18. The van der Waals surface area contributed by atoms with E-state index in [0.29, 0.717) is 22.2 Å². The Kier molecular flexibility index (Phi) is 3.90. The Balaban J connectivity index is 2.00. The highest BCUT2D eigenvalue weighted by atomic mass is 79.9. The molecule has 2 saturated carbocycles.